The van der Waals surface area contributed by atoms with Gasteiger partial charge in [0.05, 0.1) is 11.2 Å². The molecule has 8 nitrogen and oxygen atoms in total. The Bertz CT molecular complexity index is 881. The lowest BCUT2D eigenvalue weighted by Crippen LogP contribution is -2.54. The summed E-state index contributed by atoms with van der Waals surface area (Å²) < 4.78 is 32.2. The van der Waals surface area contributed by atoms with Crippen molar-refractivity contribution in [2.75, 3.05) is 0 Å². The smallest absolute Gasteiger partial charge is 0.305 e. The molecule has 2 aromatic rings. The molecule has 10 heteroatoms. The van der Waals surface area contributed by atoms with Gasteiger partial charge in [-0.05, 0) is 36.2 Å². The second-order valence-corrected chi connectivity index (χ2v) is 7.87. The maximum atomic E-state index is 12.5. The van der Waals surface area contributed by atoms with Crippen LogP contribution in [0, 0.1) is 5.92 Å². The Labute approximate surface area is 155 Å². The molecule has 140 valence electrons. The fraction of sp³-hybridized carbons (Fsp3) is 0.250. The summed E-state index contributed by atoms with van der Waals surface area (Å²) in [5, 5.41) is 0.254. The van der Waals surface area contributed by atoms with Gasteiger partial charge in [0.25, 0.3) is 5.91 Å². The van der Waals surface area contributed by atoms with Gasteiger partial charge in [0, 0.05) is 5.02 Å². The minimum atomic E-state index is -3.98. The SMILES string of the molecule is CC(C)C(NS(=O)(=O)c1cccc(Cl)c1)C(=O)NNC(=O)c1ccco1. The lowest BCUT2D eigenvalue weighted by Gasteiger charge is -2.21. The van der Waals surface area contributed by atoms with Crippen LogP contribution in [0.15, 0.2) is 52.0 Å². The molecule has 1 heterocycles. The first-order chi connectivity index (χ1) is 12.2. The molecule has 0 saturated carbocycles. The van der Waals surface area contributed by atoms with Crippen molar-refractivity contribution in [3.05, 3.63) is 53.4 Å². The molecule has 0 aliphatic rings. The summed E-state index contributed by atoms with van der Waals surface area (Å²) in [5.41, 5.74) is 4.35. The molecule has 2 rings (SSSR count). The van der Waals surface area contributed by atoms with Gasteiger partial charge in [-0.25, -0.2) is 8.42 Å². The summed E-state index contributed by atoms with van der Waals surface area (Å²) in [5.74, 6) is -1.76. The van der Waals surface area contributed by atoms with Crippen molar-refractivity contribution in [3.63, 3.8) is 0 Å². The quantitative estimate of drug-likeness (QED) is 0.639. The fourth-order valence-electron chi connectivity index (χ4n) is 2.03. The van der Waals surface area contributed by atoms with Crippen LogP contribution in [0.1, 0.15) is 24.4 Å². The first-order valence-corrected chi connectivity index (χ1v) is 9.48. The Hall–Kier alpha value is -2.36. The van der Waals surface area contributed by atoms with Crippen molar-refractivity contribution in [3.8, 4) is 0 Å². The van der Waals surface area contributed by atoms with Crippen molar-refractivity contribution in [2.24, 2.45) is 5.92 Å². The molecule has 0 spiro atoms. The van der Waals surface area contributed by atoms with E-state index in [1.165, 1.54) is 42.7 Å². The van der Waals surface area contributed by atoms with Gasteiger partial charge in [-0.3, -0.25) is 20.4 Å². The molecule has 3 N–H and O–H groups in total. The van der Waals surface area contributed by atoms with Crippen molar-refractivity contribution in [1.82, 2.24) is 15.6 Å². The normalized spacial score (nSPS) is 12.6. The highest BCUT2D eigenvalue weighted by Gasteiger charge is 2.29. The van der Waals surface area contributed by atoms with Gasteiger partial charge >= 0.3 is 5.91 Å². The van der Waals surface area contributed by atoms with Crippen LogP contribution >= 0.6 is 11.6 Å². The standard InChI is InChI=1S/C16H18ClN3O5S/c1-10(2)14(16(22)19-18-15(21)13-7-4-8-25-13)20-26(23,24)12-6-3-5-11(17)9-12/h3-10,14,20H,1-2H3,(H,18,21)(H,19,22). The third-order valence-electron chi connectivity index (χ3n) is 3.38. The van der Waals surface area contributed by atoms with E-state index in [2.05, 4.69) is 15.6 Å². The molecule has 0 fully saturated rings. The van der Waals surface area contributed by atoms with Crippen molar-refractivity contribution in [2.45, 2.75) is 24.8 Å². The van der Waals surface area contributed by atoms with E-state index in [4.69, 9.17) is 16.0 Å². The number of halogens is 1. The molecule has 0 aliphatic carbocycles. The Morgan fingerprint density at radius 2 is 1.85 bits per heavy atom. The number of hydrogen-bond acceptors (Lipinski definition) is 5. The van der Waals surface area contributed by atoms with Crippen LogP contribution in [-0.2, 0) is 14.8 Å². The van der Waals surface area contributed by atoms with Crippen LogP contribution < -0.4 is 15.6 Å². The maximum absolute atomic E-state index is 12.5. The zero-order valence-electron chi connectivity index (χ0n) is 14.0. The molecular weight excluding hydrogens is 382 g/mol. The highest BCUT2D eigenvalue weighted by molar-refractivity contribution is 7.89. The van der Waals surface area contributed by atoms with Gasteiger partial charge in [-0.1, -0.05) is 31.5 Å². The molecule has 2 amide bonds. The Morgan fingerprint density at radius 1 is 1.12 bits per heavy atom. The third kappa shape index (κ3) is 5.07. The van der Waals surface area contributed by atoms with Gasteiger partial charge < -0.3 is 4.42 Å². The number of carbonyl (C=O) groups is 2. The van der Waals surface area contributed by atoms with E-state index < -0.39 is 27.9 Å². The molecule has 0 radical (unpaired) electrons. The summed E-state index contributed by atoms with van der Waals surface area (Å²) >= 11 is 5.82. The van der Waals surface area contributed by atoms with E-state index in [1.807, 2.05) is 0 Å². The second-order valence-electron chi connectivity index (χ2n) is 5.72. The Morgan fingerprint density at radius 3 is 2.42 bits per heavy atom. The van der Waals surface area contributed by atoms with E-state index in [9.17, 15) is 18.0 Å². The molecule has 26 heavy (non-hydrogen) atoms. The Kier molecular flexibility index (Phi) is 6.41. The van der Waals surface area contributed by atoms with Crippen LogP contribution in [0.5, 0.6) is 0 Å². The number of benzene rings is 1. The highest BCUT2D eigenvalue weighted by atomic mass is 35.5. The molecule has 1 aromatic heterocycles. The Balaban J connectivity index is 2.08. The molecule has 1 atom stereocenters. The monoisotopic (exact) mass is 399 g/mol. The minimum Gasteiger partial charge on any atom is -0.459 e. The molecule has 1 aromatic carbocycles. The average Bonchev–Trinajstić information content (AvgIpc) is 3.11. The molecule has 0 saturated heterocycles. The van der Waals surface area contributed by atoms with Crippen LogP contribution in [0.2, 0.25) is 5.02 Å². The summed E-state index contributed by atoms with van der Waals surface area (Å²) in [6.07, 6.45) is 1.31. The number of furan rings is 1. The summed E-state index contributed by atoms with van der Waals surface area (Å²) in [6.45, 7) is 3.33. The predicted molar refractivity (Wildman–Crippen MR) is 94.7 cm³/mol. The summed E-state index contributed by atoms with van der Waals surface area (Å²) in [6, 6.07) is 7.49. The van der Waals surface area contributed by atoms with Gasteiger partial charge in [0.1, 0.15) is 6.04 Å². The maximum Gasteiger partial charge on any atom is 0.305 e. The van der Waals surface area contributed by atoms with Crippen LogP contribution in [0.4, 0.5) is 0 Å². The molecule has 1 unspecified atom stereocenters. The molecular formula is C16H18ClN3O5S. The first-order valence-electron chi connectivity index (χ1n) is 7.62. The predicted octanol–water partition coefficient (Wildman–Crippen LogP) is 1.70. The summed E-state index contributed by atoms with van der Waals surface area (Å²) in [4.78, 5) is 24.0. The lowest BCUT2D eigenvalue weighted by molar-refractivity contribution is -0.124. The van der Waals surface area contributed by atoms with E-state index in [1.54, 1.807) is 13.8 Å². The second kappa shape index (κ2) is 8.35. The summed E-state index contributed by atoms with van der Waals surface area (Å²) in [7, 11) is -3.98. The zero-order valence-corrected chi connectivity index (χ0v) is 15.6. The number of rotatable bonds is 6. The largest absolute Gasteiger partial charge is 0.459 e. The molecule has 0 aliphatic heterocycles. The van der Waals surface area contributed by atoms with Crippen molar-refractivity contribution >= 4 is 33.4 Å². The van der Waals surface area contributed by atoms with Gasteiger partial charge in [-0.2, -0.15) is 4.72 Å². The fourth-order valence-corrected chi connectivity index (χ4v) is 3.67. The number of hydrogen-bond donors (Lipinski definition) is 3. The average molecular weight is 400 g/mol. The van der Waals surface area contributed by atoms with Gasteiger partial charge in [0.15, 0.2) is 5.76 Å². The zero-order chi connectivity index (χ0) is 19.3. The van der Waals surface area contributed by atoms with Gasteiger partial charge in [-0.15, -0.1) is 0 Å². The third-order valence-corrected chi connectivity index (χ3v) is 5.06. The van der Waals surface area contributed by atoms with Crippen molar-refractivity contribution < 1.29 is 22.4 Å². The minimum absolute atomic E-state index is 0.00547. The van der Waals surface area contributed by atoms with E-state index in [0.717, 1.165) is 0 Å². The highest BCUT2D eigenvalue weighted by Crippen LogP contribution is 2.16. The lowest BCUT2D eigenvalue weighted by atomic mass is 10.1. The van der Waals surface area contributed by atoms with Crippen molar-refractivity contribution in [1.29, 1.82) is 0 Å². The van der Waals surface area contributed by atoms with E-state index in [-0.39, 0.29) is 21.6 Å². The number of hydrazine groups is 1. The van der Waals surface area contributed by atoms with Crippen LogP contribution in [-0.4, -0.2) is 26.3 Å². The topological polar surface area (TPSA) is 118 Å². The number of nitrogens with one attached hydrogen (secondary N) is 3. The molecule has 0 bridgehead atoms. The van der Waals surface area contributed by atoms with E-state index >= 15 is 0 Å². The van der Waals surface area contributed by atoms with Crippen LogP contribution in [0.25, 0.3) is 0 Å². The first kappa shape index (κ1) is 20.0. The number of carbonyl (C=O) groups excluding carboxylic acids is 2. The number of sulfonamides is 1. The number of amides is 2. The van der Waals surface area contributed by atoms with Crippen LogP contribution in [0.3, 0.4) is 0 Å². The van der Waals surface area contributed by atoms with Gasteiger partial charge in [0.2, 0.25) is 10.0 Å². The van der Waals surface area contributed by atoms with E-state index in [0.29, 0.717) is 0 Å².